The Labute approximate surface area is 105 Å². The molecule has 0 bridgehead atoms. The van der Waals surface area contributed by atoms with E-state index in [-0.39, 0.29) is 5.75 Å². The second-order valence-electron chi connectivity index (χ2n) is 3.05. The first-order chi connectivity index (χ1) is 7.35. The van der Waals surface area contributed by atoms with E-state index in [9.17, 15) is 13.2 Å². The van der Waals surface area contributed by atoms with Crippen molar-refractivity contribution in [2.45, 2.75) is 12.3 Å². The van der Waals surface area contributed by atoms with Gasteiger partial charge in [0, 0.05) is 11.5 Å². The van der Waals surface area contributed by atoms with Crippen LogP contribution in [0, 0.1) is 10.5 Å². The molecule has 1 aromatic carbocycles. The molecule has 0 aliphatic rings. The van der Waals surface area contributed by atoms with Crippen molar-refractivity contribution >= 4 is 22.6 Å². The Morgan fingerprint density at radius 2 is 2.00 bits per heavy atom. The van der Waals surface area contributed by atoms with Crippen LogP contribution in [-0.2, 0) is 0 Å². The summed E-state index contributed by atoms with van der Waals surface area (Å²) in [6, 6.07) is 4.74. The SMILES string of the molecule is [CH2]C(C=C)c1cccc(I)c1OC(F)(F)F. The number of ether oxygens (including phenoxy) is 1. The van der Waals surface area contributed by atoms with Crippen molar-refractivity contribution in [1.29, 1.82) is 0 Å². The molecule has 1 unspecified atom stereocenters. The molecule has 0 aliphatic heterocycles. The summed E-state index contributed by atoms with van der Waals surface area (Å²) in [5.74, 6) is -0.637. The summed E-state index contributed by atoms with van der Waals surface area (Å²) in [5.41, 5.74) is 0.374. The molecule has 0 N–H and O–H groups in total. The maximum atomic E-state index is 12.2. The summed E-state index contributed by atoms with van der Waals surface area (Å²) in [5, 5.41) is 0. The molecule has 0 aromatic heterocycles. The molecule has 0 aliphatic carbocycles. The van der Waals surface area contributed by atoms with Gasteiger partial charge in [-0.15, -0.1) is 19.8 Å². The Kier molecular flexibility index (Phi) is 4.23. The van der Waals surface area contributed by atoms with Crippen LogP contribution < -0.4 is 4.74 Å². The van der Waals surface area contributed by atoms with E-state index < -0.39 is 12.3 Å². The molecule has 0 spiro atoms. The van der Waals surface area contributed by atoms with Gasteiger partial charge in [-0.25, -0.2) is 0 Å². The number of benzene rings is 1. The van der Waals surface area contributed by atoms with Gasteiger partial charge in [-0.2, -0.15) is 0 Å². The van der Waals surface area contributed by atoms with Crippen LogP contribution in [0.2, 0.25) is 0 Å². The Morgan fingerprint density at radius 1 is 1.38 bits per heavy atom. The van der Waals surface area contributed by atoms with E-state index in [2.05, 4.69) is 18.2 Å². The molecule has 1 aromatic rings. The highest BCUT2D eigenvalue weighted by Gasteiger charge is 2.33. The molecule has 1 nitrogen and oxygen atoms in total. The van der Waals surface area contributed by atoms with Gasteiger partial charge in [0.05, 0.1) is 3.57 Å². The third-order valence-electron chi connectivity index (χ3n) is 1.90. The molecule has 0 saturated heterocycles. The van der Waals surface area contributed by atoms with Gasteiger partial charge >= 0.3 is 6.36 Å². The Morgan fingerprint density at radius 3 is 2.50 bits per heavy atom. The molecular weight excluding hydrogens is 332 g/mol. The summed E-state index contributed by atoms with van der Waals surface area (Å²) in [6.07, 6.45) is -3.23. The summed E-state index contributed by atoms with van der Waals surface area (Å²) in [6.45, 7) is 7.19. The monoisotopic (exact) mass is 341 g/mol. The van der Waals surface area contributed by atoms with Gasteiger partial charge in [-0.1, -0.05) is 18.2 Å². The third-order valence-corrected chi connectivity index (χ3v) is 2.75. The minimum Gasteiger partial charge on any atom is -0.404 e. The number of allylic oxidation sites excluding steroid dienone is 1. The minimum absolute atomic E-state index is 0.199. The van der Waals surface area contributed by atoms with E-state index in [4.69, 9.17) is 0 Å². The van der Waals surface area contributed by atoms with Gasteiger partial charge in [0.25, 0.3) is 0 Å². The molecule has 16 heavy (non-hydrogen) atoms. The fourth-order valence-electron chi connectivity index (χ4n) is 1.17. The van der Waals surface area contributed by atoms with E-state index in [1.165, 1.54) is 6.08 Å². The lowest BCUT2D eigenvalue weighted by atomic mass is 10.0. The van der Waals surface area contributed by atoms with Crippen molar-refractivity contribution in [3.63, 3.8) is 0 Å². The molecule has 1 radical (unpaired) electrons. The summed E-state index contributed by atoms with van der Waals surface area (Å²) in [7, 11) is 0. The summed E-state index contributed by atoms with van der Waals surface area (Å²) < 4.78 is 41.0. The normalized spacial score (nSPS) is 13.3. The van der Waals surface area contributed by atoms with E-state index in [0.29, 0.717) is 9.13 Å². The number of alkyl halides is 3. The maximum absolute atomic E-state index is 12.2. The molecule has 1 atom stereocenters. The Balaban J connectivity index is 3.18. The number of rotatable bonds is 3. The van der Waals surface area contributed by atoms with E-state index in [1.807, 2.05) is 0 Å². The van der Waals surface area contributed by atoms with Gasteiger partial charge < -0.3 is 4.74 Å². The molecule has 5 heteroatoms. The highest BCUT2D eigenvalue weighted by atomic mass is 127. The van der Waals surface area contributed by atoms with Gasteiger partial charge in [-0.05, 0) is 35.6 Å². The number of halogens is 4. The van der Waals surface area contributed by atoms with Crippen molar-refractivity contribution in [3.05, 3.63) is 46.9 Å². The van der Waals surface area contributed by atoms with Gasteiger partial charge in [-0.3, -0.25) is 0 Å². The molecule has 0 saturated carbocycles. The van der Waals surface area contributed by atoms with Crippen LogP contribution in [0.1, 0.15) is 11.5 Å². The zero-order valence-electron chi connectivity index (χ0n) is 8.22. The van der Waals surface area contributed by atoms with Crippen molar-refractivity contribution in [2.24, 2.45) is 0 Å². The highest BCUT2D eigenvalue weighted by molar-refractivity contribution is 14.1. The fraction of sp³-hybridized carbons (Fsp3) is 0.182. The molecule has 0 fully saturated rings. The first-order valence-corrected chi connectivity index (χ1v) is 5.43. The van der Waals surface area contributed by atoms with Crippen LogP contribution in [-0.4, -0.2) is 6.36 Å². The zero-order valence-corrected chi connectivity index (χ0v) is 10.4. The Bertz CT molecular complexity index is 387. The highest BCUT2D eigenvalue weighted by Crippen LogP contribution is 2.35. The van der Waals surface area contributed by atoms with Crippen molar-refractivity contribution in [1.82, 2.24) is 0 Å². The quantitative estimate of drug-likeness (QED) is 0.589. The number of hydrogen-bond donors (Lipinski definition) is 0. The van der Waals surface area contributed by atoms with Gasteiger partial charge in [0.2, 0.25) is 0 Å². The van der Waals surface area contributed by atoms with Crippen molar-refractivity contribution in [3.8, 4) is 5.75 Å². The number of para-hydroxylation sites is 1. The average Bonchev–Trinajstić information content (AvgIpc) is 2.18. The second-order valence-corrected chi connectivity index (χ2v) is 4.21. The summed E-state index contributed by atoms with van der Waals surface area (Å²) in [4.78, 5) is 0. The minimum atomic E-state index is -4.70. The van der Waals surface area contributed by atoms with Crippen molar-refractivity contribution < 1.29 is 17.9 Å². The lowest BCUT2D eigenvalue weighted by molar-refractivity contribution is -0.275. The molecule has 0 amide bonds. The first kappa shape index (κ1) is 13.3. The van der Waals surface area contributed by atoms with Gasteiger partial charge in [0.1, 0.15) is 5.75 Å². The molecule has 87 valence electrons. The van der Waals surface area contributed by atoms with Crippen LogP contribution in [0.15, 0.2) is 30.9 Å². The van der Waals surface area contributed by atoms with Crippen LogP contribution in [0.5, 0.6) is 5.75 Å². The van der Waals surface area contributed by atoms with Crippen LogP contribution in [0.25, 0.3) is 0 Å². The zero-order chi connectivity index (χ0) is 12.3. The first-order valence-electron chi connectivity index (χ1n) is 4.35. The fourth-order valence-corrected chi connectivity index (χ4v) is 1.80. The van der Waals surface area contributed by atoms with E-state index in [0.717, 1.165) is 0 Å². The predicted molar refractivity (Wildman–Crippen MR) is 64.1 cm³/mol. The smallest absolute Gasteiger partial charge is 0.404 e. The maximum Gasteiger partial charge on any atom is 0.573 e. The predicted octanol–water partition coefficient (Wildman–Crippen LogP) is 4.29. The van der Waals surface area contributed by atoms with Gasteiger partial charge in [0.15, 0.2) is 0 Å². The van der Waals surface area contributed by atoms with E-state index >= 15 is 0 Å². The third kappa shape index (κ3) is 3.40. The van der Waals surface area contributed by atoms with Crippen LogP contribution in [0.3, 0.4) is 0 Å². The molecule has 0 heterocycles. The average molecular weight is 341 g/mol. The molecular formula is C11H9F3IO. The van der Waals surface area contributed by atoms with Crippen LogP contribution >= 0.6 is 22.6 Å². The van der Waals surface area contributed by atoms with Crippen LogP contribution in [0.4, 0.5) is 13.2 Å². The lowest BCUT2D eigenvalue weighted by Gasteiger charge is -2.17. The summed E-state index contributed by atoms with van der Waals surface area (Å²) >= 11 is 1.79. The standard InChI is InChI=1S/C11H9F3IO/c1-3-7(2)8-5-4-6-9(15)10(8)16-11(12,13)14/h3-7H,1-2H2. The number of hydrogen-bond acceptors (Lipinski definition) is 1. The Hall–Kier alpha value is -0.720. The topological polar surface area (TPSA) is 9.23 Å². The second kappa shape index (κ2) is 5.07. The largest absolute Gasteiger partial charge is 0.573 e. The van der Waals surface area contributed by atoms with E-state index in [1.54, 1.807) is 40.8 Å². The lowest BCUT2D eigenvalue weighted by Crippen LogP contribution is -2.19. The molecule has 1 rings (SSSR count). The van der Waals surface area contributed by atoms with Crippen molar-refractivity contribution in [2.75, 3.05) is 0 Å².